The van der Waals surface area contributed by atoms with E-state index in [2.05, 4.69) is 18.7 Å². The standard InChI is InChI=1S/C14H30N2O/c1-14(2,12-15)8-4-5-9-16(10-11-17-3)13-6-7-13/h13H,4-12,15H2,1-3H3. The van der Waals surface area contributed by atoms with Crippen molar-refractivity contribution in [3.8, 4) is 0 Å². The Hall–Kier alpha value is -0.120. The molecular formula is C14H30N2O. The molecule has 0 aromatic carbocycles. The molecule has 0 spiro atoms. The van der Waals surface area contributed by atoms with E-state index in [4.69, 9.17) is 10.5 Å². The van der Waals surface area contributed by atoms with Crippen LogP contribution in [0.5, 0.6) is 0 Å². The number of rotatable bonds is 10. The van der Waals surface area contributed by atoms with Crippen molar-refractivity contribution in [3.05, 3.63) is 0 Å². The van der Waals surface area contributed by atoms with Crippen molar-refractivity contribution in [3.63, 3.8) is 0 Å². The average Bonchev–Trinajstić information content (AvgIpc) is 3.12. The Bertz CT molecular complexity index is 202. The molecule has 1 aliphatic carbocycles. The highest BCUT2D eigenvalue weighted by Crippen LogP contribution is 2.27. The van der Waals surface area contributed by atoms with E-state index in [0.717, 1.165) is 25.7 Å². The molecule has 0 atom stereocenters. The van der Waals surface area contributed by atoms with Crippen LogP contribution in [-0.4, -0.2) is 44.3 Å². The quantitative estimate of drug-likeness (QED) is 0.597. The smallest absolute Gasteiger partial charge is 0.0589 e. The van der Waals surface area contributed by atoms with Gasteiger partial charge in [-0.25, -0.2) is 0 Å². The van der Waals surface area contributed by atoms with E-state index in [1.807, 2.05) is 0 Å². The van der Waals surface area contributed by atoms with E-state index in [0.29, 0.717) is 5.41 Å². The molecular weight excluding hydrogens is 212 g/mol. The predicted molar refractivity (Wildman–Crippen MR) is 73.2 cm³/mol. The van der Waals surface area contributed by atoms with Gasteiger partial charge in [0.1, 0.15) is 0 Å². The highest BCUT2D eigenvalue weighted by molar-refractivity contribution is 4.84. The second-order valence-corrected chi connectivity index (χ2v) is 6.09. The lowest BCUT2D eigenvalue weighted by atomic mass is 9.87. The molecule has 1 fully saturated rings. The van der Waals surface area contributed by atoms with Gasteiger partial charge in [-0.1, -0.05) is 20.3 Å². The molecule has 0 saturated heterocycles. The molecule has 0 unspecified atom stereocenters. The van der Waals surface area contributed by atoms with Gasteiger partial charge in [0, 0.05) is 19.7 Å². The first kappa shape index (κ1) is 14.9. The van der Waals surface area contributed by atoms with E-state index in [9.17, 15) is 0 Å². The van der Waals surface area contributed by atoms with Gasteiger partial charge in [0.05, 0.1) is 6.61 Å². The van der Waals surface area contributed by atoms with Crippen molar-refractivity contribution in [2.24, 2.45) is 11.1 Å². The molecule has 0 bridgehead atoms. The molecule has 3 nitrogen and oxygen atoms in total. The largest absolute Gasteiger partial charge is 0.383 e. The minimum absolute atomic E-state index is 0.316. The molecule has 1 aliphatic rings. The summed E-state index contributed by atoms with van der Waals surface area (Å²) in [5.74, 6) is 0. The second-order valence-electron chi connectivity index (χ2n) is 6.09. The van der Waals surface area contributed by atoms with Crippen molar-refractivity contribution < 1.29 is 4.74 Å². The number of hydrogen-bond acceptors (Lipinski definition) is 3. The summed E-state index contributed by atoms with van der Waals surface area (Å²) in [4.78, 5) is 2.60. The fraction of sp³-hybridized carbons (Fsp3) is 1.00. The highest BCUT2D eigenvalue weighted by atomic mass is 16.5. The monoisotopic (exact) mass is 242 g/mol. The SMILES string of the molecule is COCCN(CCCCC(C)(C)CN)C1CC1. The van der Waals surface area contributed by atoms with Crippen LogP contribution in [0.1, 0.15) is 46.0 Å². The van der Waals surface area contributed by atoms with Gasteiger partial charge < -0.3 is 10.5 Å². The molecule has 0 aromatic rings. The van der Waals surface area contributed by atoms with Crippen LogP contribution in [0.2, 0.25) is 0 Å². The molecule has 102 valence electrons. The molecule has 0 amide bonds. The maximum Gasteiger partial charge on any atom is 0.0589 e. The molecule has 3 heteroatoms. The summed E-state index contributed by atoms with van der Waals surface area (Å²) >= 11 is 0. The number of nitrogens with two attached hydrogens (primary N) is 1. The van der Waals surface area contributed by atoms with Crippen LogP contribution in [0.25, 0.3) is 0 Å². The molecule has 1 saturated carbocycles. The van der Waals surface area contributed by atoms with Gasteiger partial charge >= 0.3 is 0 Å². The van der Waals surface area contributed by atoms with Gasteiger partial charge in [-0.15, -0.1) is 0 Å². The maximum absolute atomic E-state index is 5.75. The molecule has 0 heterocycles. The zero-order chi connectivity index (χ0) is 12.7. The Labute approximate surface area is 107 Å². The summed E-state index contributed by atoms with van der Waals surface area (Å²) < 4.78 is 5.17. The lowest BCUT2D eigenvalue weighted by Crippen LogP contribution is -2.31. The lowest BCUT2D eigenvalue weighted by Gasteiger charge is -2.24. The Morgan fingerprint density at radius 2 is 1.94 bits per heavy atom. The van der Waals surface area contributed by atoms with Crippen LogP contribution in [0.3, 0.4) is 0 Å². The molecule has 0 radical (unpaired) electrons. The minimum Gasteiger partial charge on any atom is -0.383 e. The third kappa shape index (κ3) is 6.39. The molecule has 2 N–H and O–H groups in total. The first-order valence-electron chi connectivity index (χ1n) is 7.02. The van der Waals surface area contributed by atoms with Crippen LogP contribution in [-0.2, 0) is 4.74 Å². The Morgan fingerprint density at radius 3 is 2.47 bits per heavy atom. The maximum atomic E-state index is 5.75. The van der Waals surface area contributed by atoms with Crippen LogP contribution >= 0.6 is 0 Å². The van der Waals surface area contributed by atoms with Gasteiger partial charge in [-0.2, -0.15) is 0 Å². The summed E-state index contributed by atoms with van der Waals surface area (Å²) in [5.41, 5.74) is 6.06. The van der Waals surface area contributed by atoms with Gasteiger partial charge in [-0.05, 0) is 44.2 Å². The fourth-order valence-corrected chi connectivity index (χ4v) is 2.15. The van der Waals surface area contributed by atoms with E-state index < -0.39 is 0 Å². The fourth-order valence-electron chi connectivity index (χ4n) is 2.15. The van der Waals surface area contributed by atoms with Crippen LogP contribution < -0.4 is 5.73 Å². The van der Waals surface area contributed by atoms with Crippen molar-refractivity contribution in [1.82, 2.24) is 4.90 Å². The zero-order valence-corrected chi connectivity index (χ0v) is 11.9. The van der Waals surface area contributed by atoms with E-state index in [1.54, 1.807) is 7.11 Å². The average molecular weight is 242 g/mol. The third-order valence-electron chi connectivity index (χ3n) is 3.75. The normalized spacial score (nSPS) is 16.8. The molecule has 0 aromatic heterocycles. The van der Waals surface area contributed by atoms with Crippen LogP contribution in [0.15, 0.2) is 0 Å². The van der Waals surface area contributed by atoms with Crippen molar-refractivity contribution in [2.75, 3.05) is 33.4 Å². The highest BCUT2D eigenvalue weighted by Gasteiger charge is 2.28. The molecule has 1 rings (SSSR count). The van der Waals surface area contributed by atoms with Crippen LogP contribution in [0.4, 0.5) is 0 Å². The van der Waals surface area contributed by atoms with Crippen molar-refractivity contribution >= 4 is 0 Å². The topological polar surface area (TPSA) is 38.5 Å². The van der Waals surface area contributed by atoms with Gasteiger partial charge in [0.15, 0.2) is 0 Å². The van der Waals surface area contributed by atoms with Crippen molar-refractivity contribution in [2.45, 2.75) is 52.0 Å². The van der Waals surface area contributed by atoms with Crippen molar-refractivity contribution in [1.29, 1.82) is 0 Å². The summed E-state index contributed by atoms with van der Waals surface area (Å²) in [7, 11) is 1.79. The first-order valence-corrected chi connectivity index (χ1v) is 7.02. The van der Waals surface area contributed by atoms with Gasteiger partial charge in [0.25, 0.3) is 0 Å². The summed E-state index contributed by atoms with van der Waals surface area (Å²) in [6.07, 6.45) is 6.60. The van der Waals surface area contributed by atoms with Gasteiger partial charge in [-0.3, -0.25) is 4.90 Å². The summed E-state index contributed by atoms with van der Waals surface area (Å²) in [6, 6.07) is 0.854. The Balaban J connectivity index is 2.10. The van der Waals surface area contributed by atoms with Gasteiger partial charge in [0.2, 0.25) is 0 Å². The molecule has 0 aliphatic heterocycles. The number of hydrogen-bond donors (Lipinski definition) is 1. The lowest BCUT2D eigenvalue weighted by molar-refractivity contribution is 0.141. The van der Waals surface area contributed by atoms with E-state index in [-0.39, 0.29) is 0 Å². The van der Waals surface area contributed by atoms with Crippen LogP contribution in [0, 0.1) is 5.41 Å². The third-order valence-corrected chi connectivity index (χ3v) is 3.75. The number of unbranched alkanes of at least 4 members (excludes halogenated alkanes) is 1. The predicted octanol–water partition coefficient (Wildman–Crippen LogP) is 2.25. The number of ether oxygens (including phenoxy) is 1. The van der Waals surface area contributed by atoms with E-state index in [1.165, 1.54) is 38.6 Å². The number of nitrogens with zero attached hydrogens (tertiary/aromatic N) is 1. The Morgan fingerprint density at radius 1 is 1.24 bits per heavy atom. The second kappa shape index (κ2) is 7.34. The summed E-state index contributed by atoms with van der Waals surface area (Å²) in [5, 5.41) is 0. The first-order chi connectivity index (χ1) is 8.09. The number of methoxy groups -OCH3 is 1. The minimum atomic E-state index is 0.316. The van der Waals surface area contributed by atoms with E-state index >= 15 is 0 Å². The summed E-state index contributed by atoms with van der Waals surface area (Å²) in [6.45, 7) is 8.51. The Kier molecular flexibility index (Phi) is 6.45. The zero-order valence-electron chi connectivity index (χ0n) is 11.9. The molecule has 17 heavy (non-hydrogen) atoms.